The molecule has 0 bridgehead atoms. The van der Waals surface area contributed by atoms with Gasteiger partial charge in [-0.25, -0.2) is 0 Å². The maximum absolute atomic E-state index is 5.74. The molecule has 0 atom stereocenters. The molecule has 0 spiro atoms. The molecule has 0 aliphatic heterocycles. The third-order valence-corrected chi connectivity index (χ3v) is 3.10. The first-order chi connectivity index (χ1) is 8.81. The van der Waals surface area contributed by atoms with Gasteiger partial charge < -0.3 is 9.47 Å². The van der Waals surface area contributed by atoms with Crippen LogP contribution in [0.3, 0.4) is 0 Å². The number of ether oxygens (including phenoxy) is 2. The van der Waals surface area contributed by atoms with Crippen LogP contribution >= 0.6 is 15.9 Å². The summed E-state index contributed by atoms with van der Waals surface area (Å²) >= 11 is 3.42. The molecule has 0 fully saturated rings. The molecule has 0 unspecified atom stereocenters. The maximum atomic E-state index is 5.74. The summed E-state index contributed by atoms with van der Waals surface area (Å²) in [6, 6.07) is 15.6. The molecular formula is C15H15BrO2. The first-order valence-electron chi connectivity index (χ1n) is 5.87. The zero-order valence-electron chi connectivity index (χ0n) is 10.2. The van der Waals surface area contributed by atoms with Crippen molar-refractivity contribution >= 4 is 15.9 Å². The van der Waals surface area contributed by atoms with Gasteiger partial charge in [-0.15, -0.1) is 0 Å². The highest BCUT2D eigenvalue weighted by Crippen LogP contribution is 2.24. The fraction of sp³-hybridized carbons (Fsp3) is 0.200. The Morgan fingerprint density at radius 2 is 1.33 bits per heavy atom. The largest absolute Gasteiger partial charge is 0.494 e. The highest BCUT2D eigenvalue weighted by molar-refractivity contribution is 9.08. The molecule has 0 aromatic heterocycles. The van der Waals surface area contributed by atoms with Crippen molar-refractivity contribution in [2.45, 2.75) is 12.3 Å². The van der Waals surface area contributed by atoms with E-state index in [0.29, 0.717) is 6.61 Å². The lowest BCUT2D eigenvalue weighted by molar-refractivity contribution is 0.339. The van der Waals surface area contributed by atoms with Crippen molar-refractivity contribution in [1.29, 1.82) is 0 Å². The minimum absolute atomic E-state index is 0.675. The Bertz CT molecular complexity index is 477. The van der Waals surface area contributed by atoms with Crippen LogP contribution in [-0.2, 0) is 5.33 Å². The van der Waals surface area contributed by atoms with Crippen LogP contribution in [-0.4, -0.2) is 6.61 Å². The predicted octanol–water partition coefficient (Wildman–Crippen LogP) is 4.77. The smallest absolute Gasteiger partial charge is 0.127 e. The molecule has 0 N–H and O–H groups in total. The third-order valence-electron chi connectivity index (χ3n) is 2.45. The van der Waals surface area contributed by atoms with Gasteiger partial charge in [-0.1, -0.05) is 28.1 Å². The van der Waals surface area contributed by atoms with Crippen LogP contribution in [0.4, 0.5) is 0 Å². The van der Waals surface area contributed by atoms with Crippen molar-refractivity contribution in [2.75, 3.05) is 6.61 Å². The molecule has 2 rings (SSSR count). The molecule has 0 radical (unpaired) electrons. The zero-order chi connectivity index (χ0) is 12.8. The Morgan fingerprint density at radius 3 is 1.83 bits per heavy atom. The molecule has 0 amide bonds. The topological polar surface area (TPSA) is 18.5 Å². The Hall–Kier alpha value is -1.48. The average Bonchev–Trinajstić information content (AvgIpc) is 2.42. The first-order valence-corrected chi connectivity index (χ1v) is 6.99. The fourth-order valence-electron chi connectivity index (χ4n) is 1.55. The molecule has 3 heteroatoms. The zero-order valence-corrected chi connectivity index (χ0v) is 11.8. The molecule has 0 saturated heterocycles. The summed E-state index contributed by atoms with van der Waals surface area (Å²) in [7, 11) is 0. The van der Waals surface area contributed by atoms with Crippen LogP contribution in [0.15, 0.2) is 48.5 Å². The Labute approximate surface area is 116 Å². The second kappa shape index (κ2) is 6.45. The molecule has 94 valence electrons. The minimum Gasteiger partial charge on any atom is -0.494 e. The number of hydrogen-bond acceptors (Lipinski definition) is 2. The molecule has 2 aromatic rings. The summed E-state index contributed by atoms with van der Waals surface area (Å²) in [4.78, 5) is 0. The Kier molecular flexibility index (Phi) is 4.65. The van der Waals surface area contributed by atoms with Gasteiger partial charge in [0, 0.05) is 5.33 Å². The summed E-state index contributed by atoms with van der Waals surface area (Å²) < 4.78 is 11.1. The summed E-state index contributed by atoms with van der Waals surface area (Å²) in [6.45, 7) is 2.64. The van der Waals surface area contributed by atoms with Gasteiger partial charge >= 0.3 is 0 Å². The summed E-state index contributed by atoms with van der Waals surface area (Å²) in [5.74, 6) is 2.51. The molecule has 18 heavy (non-hydrogen) atoms. The highest BCUT2D eigenvalue weighted by atomic mass is 79.9. The van der Waals surface area contributed by atoms with Crippen molar-refractivity contribution in [3.8, 4) is 17.2 Å². The monoisotopic (exact) mass is 306 g/mol. The quantitative estimate of drug-likeness (QED) is 0.741. The minimum atomic E-state index is 0.675. The normalized spacial score (nSPS) is 10.1. The predicted molar refractivity (Wildman–Crippen MR) is 76.8 cm³/mol. The van der Waals surface area contributed by atoms with Crippen LogP contribution in [0.1, 0.15) is 12.5 Å². The van der Waals surface area contributed by atoms with E-state index in [0.717, 1.165) is 22.6 Å². The van der Waals surface area contributed by atoms with Gasteiger partial charge in [-0.2, -0.15) is 0 Å². The van der Waals surface area contributed by atoms with Crippen molar-refractivity contribution in [2.24, 2.45) is 0 Å². The van der Waals surface area contributed by atoms with Crippen LogP contribution < -0.4 is 9.47 Å². The van der Waals surface area contributed by atoms with Gasteiger partial charge in [-0.05, 0) is 48.9 Å². The van der Waals surface area contributed by atoms with E-state index in [2.05, 4.69) is 15.9 Å². The van der Waals surface area contributed by atoms with Crippen molar-refractivity contribution in [3.63, 3.8) is 0 Å². The number of halogens is 1. The van der Waals surface area contributed by atoms with Gasteiger partial charge in [0.2, 0.25) is 0 Å². The lowest BCUT2D eigenvalue weighted by Gasteiger charge is -2.07. The molecule has 0 aliphatic carbocycles. The lowest BCUT2D eigenvalue weighted by Crippen LogP contribution is -1.91. The number of rotatable bonds is 5. The van der Waals surface area contributed by atoms with Gasteiger partial charge in [0.25, 0.3) is 0 Å². The number of benzene rings is 2. The lowest BCUT2D eigenvalue weighted by atomic mass is 10.2. The summed E-state index contributed by atoms with van der Waals surface area (Å²) in [6.07, 6.45) is 0. The highest BCUT2D eigenvalue weighted by Gasteiger charge is 1.98. The summed E-state index contributed by atoms with van der Waals surface area (Å²) in [5, 5.41) is 0.857. The van der Waals surface area contributed by atoms with Gasteiger partial charge in [0.15, 0.2) is 0 Å². The maximum Gasteiger partial charge on any atom is 0.127 e. The Morgan fingerprint density at radius 1 is 0.833 bits per heavy atom. The van der Waals surface area contributed by atoms with Crippen LogP contribution in [0.5, 0.6) is 17.2 Å². The van der Waals surface area contributed by atoms with Gasteiger partial charge in [0.05, 0.1) is 6.61 Å². The van der Waals surface area contributed by atoms with E-state index < -0.39 is 0 Å². The second-order valence-corrected chi connectivity index (χ2v) is 4.34. The van der Waals surface area contributed by atoms with Gasteiger partial charge in [-0.3, -0.25) is 0 Å². The van der Waals surface area contributed by atoms with E-state index in [1.807, 2.05) is 55.5 Å². The molecule has 2 aromatic carbocycles. The van der Waals surface area contributed by atoms with E-state index in [-0.39, 0.29) is 0 Å². The van der Waals surface area contributed by atoms with Crippen molar-refractivity contribution < 1.29 is 9.47 Å². The summed E-state index contributed by atoms with van der Waals surface area (Å²) in [5.41, 5.74) is 1.23. The second-order valence-electron chi connectivity index (χ2n) is 3.78. The molecule has 0 saturated carbocycles. The molecule has 2 nitrogen and oxygen atoms in total. The molecule has 0 heterocycles. The van der Waals surface area contributed by atoms with E-state index in [4.69, 9.17) is 9.47 Å². The fourth-order valence-corrected chi connectivity index (χ4v) is 1.93. The van der Waals surface area contributed by atoms with Crippen LogP contribution in [0, 0.1) is 0 Å². The SMILES string of the molecule is CCOc1ccc(Oc2ccc(CBr)cc2)cc1. The standard InChI is InChI=1S/C15H15BrO2/c1-2-17-13-7-9-15(10-8-13)18-14-5-3-12(11-16)4-6-14/h3-10H,2,11H2,1H3. The van der Waals surface area contributed by atoms with Crippen LogP contribution in [0.2, 0.25) is 0 Å². The van der Waals surface area contributed by atoms with E-state index >= 15 is 0 Å². The first kappa shape index (κ1) is 13.0. The van der Waals surface area contributed by atoms with E-state index in [1.165, 1.54) is 5.56 Å². The van der Waals surface area contributed by atoms with E-state index in [1.54, 1.807) is 0 Å². The van der Waals surface area contributed by atoms with E-state index in [9.17, 15) is 0 Å². The number of hydrogen-bond donors (Lipinski definition) is 0. The Balaban J connectivity index is 2.03. The van der Waals surface area contributed by atoms with Crippen molar-refractivity contribution in [3.05, 3.63) is 54.1 Å². The third kappa shape index (κ3) is 3.50. The molecular weight excluding hydrogens is 292 g/mol. The van der Waals surface area contributed by atoms with Crippen LogP contribution in [0.25, 0.3) is 0 Å². The van der Waals surface area contributed by atoms with Crippen molar-refractivity contribution in [1.82, 2.24) is 0 Å². The molecule has 0 aliphatic rings. The van der Waals surface area contributed by atoms with Gasteiger partial charge in [0.1, 0.15) is 17.2 Å². The number of alkyl halides is 1. The average molecular weight is 307 g/mol.